The van der Waals surface area contributed by atoms with Crippen LogP contribution in [0.5, 0.6) is 0 Å². The predicted molar refractivity (Wildman–Crippen MR) is 83.8 cm³/mol. The standard InChI is InChI=1S/C17H20FN3/c1-4-5-15-10-11-16(21-20-15)19-12-17(2,3)13-6-8-14(18)9-7-13/h4,6-11H,1,5,12H2,2-3H3,(H,19,21). The summed E-state index contributed by atoms with van der Waals surface area (Å²) < 4.78 is 13.0. The highest BCUT2D eigenvalue weighted by Crippen LogP contribution is 2.23. The van der Waals surface area contributed by atoms with Crippen LogP contribution in [0, 0.1) is 5.82 Å². The van der Waals surface area contributed by atoms with Gasteiger partial charge in [-0.15, -0.1) is 11.7 Å². The molecule has 110 valence electrons. The van der Waals surface area contributed by atoms with E-state index in [1.165, 1.54) is 12.1 Å². The number of allylic oxidation sites excluding steroid dienone is 1. The van der Waals surface area contributed by atoms with Gasteiger partial charge in [-0.2, -0.15) is 5.10 Å². The SMILES string of the molecule is C=CCc1ccc(NCC(C)(C)c2ccc(F)cc2)nn1. The zero-order chi connectivity index (χ0) is 15.3. The summed E-state index contributed by atoms with van der Waals surface area (Å²) in [6, 6.07) is 10.4. The molecule has 21 heavy (non-hydrogen) atoms. The van der Waals surface area contributed by atoms with Crippen LogP contribution in [0.15, 0.2) is 49.1 Å². The van der Waals surface area contributed by atoms with E-state index in [0.717, 1.165) is 17.1 Å². The molecule has 4 heteroatoms. The highest BCUT2D eigenvalue weighted by atomic mass is 19.1. The van der Waals surface area contributed by atoms with Gasteiger partial charge in [0.25, 0.3) is 0 Å². The Morgan fingerprint density at radius 2 is 1.86 bits per heavy atom. The first-order chi connectivity index (χ1) is 10.0. The van der Waals surface area contributed by atoms with Crippen LogP contribution >= 0.6 is 0 Å². The van der Waals surface area contributed by atoms with Crippen molar-refractivity contribution in [2.24, 2.45) is 0 Å². The molecule has 0 amide bonds. The fourth-order valence-corrected chi connectivity index (χ4v) is 2.03. The van der Waals surface area contributed by atoms with Crippen LogP contribution in [0.4, 0.5) is 10.2 Å². The molecule has 1 N–H and O–H groups in total. The van der Waals surface area contributed by atoms with Gasteiger partial charge in [-0.05, 0) is 29.8 Å². The van der Waals surface area contributed by atoms with Gasteiger partial charge in [-0.25, -0.2) is 4.39 Å². The Bertz CT molecular complexity index is 588. The maximum Gasteiger partial charge on any atom is 0.148 e. The molecule has 1 heterocycles. The van der Waals surface area contributed by atoms with Crippen molar-refractivity contribution in [3.05, 3.63) is 66.1 Å². The first-order valence-corrected chi connectivity index (χ1v) is 6.95. The van der Waals surface area contributed by atoms with Crippen molar-refractivity contribution in [3.63, 3.8) is 0 Å². The van der Waals surface area contributed by atoms with Crippen LogP contribution < -0.4 is 5.32 Å². The van der Waals surface area contributed by atoms with Gasteiger partial charge in [-0.1, -0.05) is 32.1 Å². The minimum Gasteiger partial charge on any atom is -0.368 e. The van der Waals surface area contributed by atoms with Crippen molar-refractivity contribution < 1.29 is 4.39 Å². The number of nitrogens with one attached hydrogen (secondary N) is 1. The molecule has 0 fully saturated rings. The maximum atomic E-state index is 13.0. The molecule has 0 aliphatic rings. The predicted octanol–water partition coefficient (Wildman–Crippen LogP) is 3.73. The number of hydrogen-bond acceptors (Lipinski definition) is 3. The van der Waals surface area contributed by atoms with E-state index in [1.54, 1.807) is 6.08 Å². The van der Waals surface area contributed by atoms with Gasteiger partial charge in [0.05, 0.1) is 5.69 Å². The number of aromatic nitrogens is 2. The van der Waals surface area contributed by atoms with Crippen molar-refractivity contribution in [3.8, 4) is 0 Å². The third-order valence-corrected chi connectivity index (χ3v) is 3.41. The number of nitrogens with zero attached hydrogens (tertiary/aromatic N) is 2. The number of halogens is 1. The van der Waals surface area contributed by atoms with Gasteiger partial charge in [0.15, 0.2) is 0 Å². The molecule has 0 saturated carbocycles. The summed E-state index contributed by atoms with van der Waals surface area (Å²) in [5.74, 6) is 0.518. The molecular formula is C17H20FN3. The molecule has 3 nitrogen and oxygen atoms in total. The third kappa shape index (κ3) is 4.12. The molecule has 1 aromatic heterocycles. The summed E-state index contributed by atoms with van der Waals surface area (Å²) in [6.07, 6.45) is 2.52. The van der Waals surface area contributed by atoms with Crippen LogP contribution in [0.3, 0.4) is 0 Å². The first-order valence-electron chi connectivity index (χ1n) is 6.95. The maximum absolute atomic E-state index is 13.0. The van der Waals surface area contributed by atoms with Gasteiger partial charge in [-0.3, -0.25) is 0 Å². The highest BCUT2D eigenvalue weighted by Gasteiger charge is 2.20. The lowest BCUT2D eigenvalue weighted by Crippen LogP contribution is -2.28. The molecule has 0 atom stereocenters. The average Bonchev–Trinajstić information content (AvgIpc) is 2.47. The summed E-state index contributed by atoms with van der Waals surface area (Å²) in [7, 11) is 0. The van der Waals surface area contributed by atoms with E-state index >= 15 is 0 Å². The smallest absolute Gasteiger partial charge is 0.148 e. The molecule has 0 saturated heterocycles. The lowest BCUT2D eigenvalue weighted by molar-refractivity contribution is 0.552. The Kier molecular flexibility index (Phi) is 4.68. The Balaban J connectivity index is 2.00. The Morgan fingerprint density at radius 3 is 2.43 bits per heavy atom. The van der Waals surface area contributed by atoms with Crippen LogP contribution in [0.2, 0.25) is 0 Å². The van der Waals surface area contributed by atoms with Crippen molar-refractivity contribution in [1.29, 1.82) is 0 Å². The fraction of sp³-hybridized carbons (Fsp3) is 0.294. The van der Waals surface area contributed by atoms with Crippen LogP contribution in [0.25, 0.3) is 0 Å². The van der Waals surface area contributed by atoms with E-state index in [0.29, 0.717) is 13.0 Å². The number of hydrogen-bond donors (Lipinski definition) is 1. The zero-order valence-corrected chi connectivity index (χ0v) is 12.4. The van der Waals surface area contributed by atoms with E-state index in [1.807, 2.05) is 24.3 Å². The summed E-state index contributed by atoms with van der Waals surface area (Å²) in [6.45, 7) is 8.57. The second kappa shape index (κ2) is 6.48. The number of benzene rings is 1. The van der Waals surface area contributed by atoms with Crippen LogP contribution in [-0.4, -0.2) is 16.7 Å². The Labute approximate surface area is 124 Å². The average molecular weight is 285 g/mol. The van der Waals surface area contributed by atoms with E-state index in [4.69, 9.17) is 0 Å². The molecule has 0 radical (unpaired) electrons. The van der Waals surface area contributed by atoms with Crippen molar-refractivity contribution in [2.75, 3.05) is 11.9 Å². The molecule has 0 bridgehead atoms. The van der Waals surface area contributed by atoms with E-state index in [-0.39, 0.29) is 11.2 Å². The first kappa shape index (κ1) is 15.2. The quantitative estimate of drug-likeness (QED) is 0.822. The van der Waals surface area contributed by atoms with Crippen LogP contribution in [-0.2, 0) is 11.8 Å². The summed E-state index contributed by atoms with van der Waals surface area (Å²) >= 11 is 0. The largest absolute Gasteiger partial charge is 0.368 e. The second-order valence-electron chi connectivity index (χ2n) is 5.65. The molecule has 0 aliphatic carbocycles. The molecule has 2 aromatic rings. The van der Waals surface area contributed by atoms with Gasteiger partial charge in [0.2, 0.25) is 0 Å². The van der Waals surface area contributed by atoms with Gasteiger partial charge in [0.1, 0.15) is 11.6 Å². The van der Waals surface area contributed by atoms with Gasteiger partial charge in [0, 0.05) is 18.4 Å². The summed E-state index contributed by atoms with van der Waals surface area (Å²) in [5.41, 5.74) is 1.84. The molecule has 1 aromatic carbocycles. The minimum absolute atomic E-state index is 0.130. The van der Waals surface area contributed by atoms with Gasteiger partial charge < -0.3 is 5.32 Å². The third-order valence-electron chi connectivity index (χ3n) is 3.41. The van der Waals surface area contributed by atoms with Crippen molar-refractivity contribution in [1.82, 2.24) is 10.2 Å². The van der Waals surface area contributed by atoms with Crippen molar-refractivity contribution >= 4 is 5.82 Å². The lowest BCUT2D eigenvalue weighted by Gasteiger charge is -2.25. The van der Waals surface area contributed by atoms with Crippen molar-refractivity contribution in [2.45, 2.75) is 25.7 Å². The number of rotatable bonds is 6. The second-order valence-corrected chi connectivity index (χ2v) is 5.65. The topological polar surface area (TPSA) is 37.8 Å². The molecule has 0 aliphatic heterocycles. The highest BCUT2D eigenvalue weighted by molar-refractivity contribution is 5.36. The molecule has 0 spiro atoms. The van der Waals surface area contributed by atoms with Gasteiger partial charge >= 0.3 is 0 Å². The zero-order valence-electron chi connectivity index (χ0n) is 12.4. The molecule has 0 unspecified atom stereocenters. The monoisotopic (exact) mass is 285 g/mol. The minimum atomic E-state index is -0.216. The summed E-state index contributed by atoms with van der Waals surface area (Å²) in [4.78, 5) is 0. The number of anilines is 1. The summed E-state index contributed by atoms with van der Waals surface area (Å²) in [5, 5.41) is 11.5. The Hall–Kier alpha value is -2.23. The lowest BCUT2D eigenvalue weighted by atomic mass is 9.84. The van der Waals surface area contributed by atoms with E-state index in [9.17, 15) is 4.39 Å². The Morgan fingerprint density at radius 1 is 1.14 bits per heavy atom. The fourth-order valence-electron chi connectivity index (χ4n) is 2.03. The molecular weight excluding hydrogens is 265 g/mol. The van der Waals surface area contributed by atoms with E-state index in [2.05, 4.69) is 35.9 Å². The normalized spacial score (nSPS) is 11.2. The van der Waals surface area contributed by atoms with Crippen LogP contribution in [0.1, 0.15) is 25.1 Å². The van der Waals surface area contributed by atoms with E-state index < -0.39 is 0 Å². The molecule has 2 rings (SSSR count).